The molecule has 0 aliphatic heterocycles. The van der Waals surface area contributed by atoms with Crippen LogP contribution in [-0.4, -0.2) is 31.5 Å². The average molecular weight is 315 g/mol. The van der Waals surface area contributed by atoms with E-state index in [1.807, 2.05) is 0 Å². The number of hydrogen-bond acceptors (Lipinski definition) is 7. The van der Waals surface area contributed by atoms with E-state index in [2.05, 4.69) is 9.72 Å². The number of carbonyl (C=O) groups excluding carboxylic acids is 2. The van der Waals surface area contributed by atoms with Crippen LogP contribution >= 0.6 is 0 Å². The van der Waals surface area contributed by atoms with Crippen molar-refractivity contribution in [2.24, 2.45) is 5.73 Å². The van der Waals surface area contributed by atoms with Gasteiger partial charge in [0.05, 0.1) is 31.7 Å². The summed E-state index contributed by atoms with van der Waals surface area (Å²) in [7, 11) is 2.74. The second kappa shape index (κ2) is 6.45. The number of aromatic nitrogens is 1. The molecule has 1 heterocycles. The summed E-state index contributed by atoms with van der Waals surface area (Å²) in [5, 5.41) is 0. The zero-order valence-electron chi connectivity index (χ0n) is 12.8. The molecular formula is C16H17N3O4. The maximum Gasteiger partial charge on any atom is 0.337 e. The summed E-state index contributed by atoms with van der Waals surface area (Å²) in [4.78, 5) is 27.2. The minimum Gasteiger partial charge on any atom is -0.481 e. The van der Waals surface area contributed by atoms with Crippen molar-refractivity contribution < 1.29 is 19.1 Å². The number of aldehydes is 1. The number of anilines is 1. The van der Waals surface area contributed by atoms with Crippen molar-refractivity contribution in [1.82, 2.24) is 4.98 Å². The number of nitrogen functional groups attached to an aromatic ring is 1. The van der Waals surface area contributed by atoms with Gasteiger partial charge in [-0.1, -0.05) is 12.1 Å². The highest BCUT2D eigenvalue weighted by molar-refractivity contribution is 5.89. The van der Waals surface area contributed by atoms with Gasteiger partial charge in [-0.15, -0.1) is 0 Å². The Morgan fingerprint density at radius 3 is 2.43 bits per heavy atom. The van der Waals surface area contributed by atoms with Crippen LogP contribution in [0.4, 0.5) is 5.69 Å². The van der Waals surface area contributed by atoms with Gasteiger partial charge >= 0.3 is 5.97 Å². The molecule has 0 spiro atoms. The van der Waals surface area contributed by atoms with Gasteiger partial charge in [0.1, 0.15) is 11.8 Å². The number of ether oxygens (including phenoxy) is 2. The van der Waals surface area contributed by atoms with Crippen LogP contribution in [0.3, 0.4) is 0 Å². The fourth-order valence-corrected chi connectivity index (χ4v) is 2.20. The van der Waals surface area contributed by atoms with Gasteiger partial charge in [0.15, 0.2) is 0 Å². The quantitative estimate of drug-likeness (QED) is 0.620. The number of carbonyl (C=O) groups is 2. The van der Waals surface area contributed by atoms with Crippen LogP contribution < -0.4 is 16.2 Å². The third-order valence-electron chi connectivity index (χ3n) is 3.53. The molecule has 0 saturated carbocycles. The molecule has 1 atom stereocenters. The molecule has 4 N–H and O–H groups in total. The van der Waals surface area contributed by atoms with Crippen LogP contribution in [0, 0.1) is 0 Å². The molecule has 1 aromatic heterocycles. The molecule has 0 saturated heterocycles. The highest BCUT2D eigenvalue weighted by Gasteiger charge is 2.32. The van der Waals surface area contributed by atoms with Crippen molar-refractivity contribution >= 4 is 17.9 Å². The van der Waals surface area contributed by atoms with E-state index in [4.69, 9.17) is 16.2 Å². The Balaban J connectivity index is 2.52. The molecule has 120 valence electrons. The number of nitrogens with two attached hydrogens (primary N) is 2. The molecule has 2 rings (SSSR count). The Bertz CT molecular complexity index is 731. The summed E-state index contributed by atoms with van der Waals surface area (Å²) in [5.41, 5.74) is 12.1. The smallest absolute Gasteiger partial charge is 0.337 e. The topological polar surface area (TPSA) is 118 Å². The molecule has 0 radical (unpaired) electrons. The predicted octanol–water partition coefficient (Wildman–Crippen LogP) is 0.860. The van der Waals surface area contributed by atoms with E-state index in [0.29, 0.717) is 23.0 Å². The highest BCUT2D eigenvalue weighted by Crippen LogP contribution is 2.31. The third kappa shape index (κ3) is 3.00. The maximum atomic E-state index is 11.7. The molecule has 2 aromatic rings. The standard InChI is InChI=1S/C16H17N3O4/c1-22-14-7-12(13(17)8-19-14)16(18,9-20)11-5-3-10(4-6-11)15(21)23-2/h3-9H,17-18H2,1-2H3. The van der Waals surface area contributed by atoms with Crippen LogP contribution in [0.5, 0.6) is 5.88 Å². The van der Waals surface area contributed by atoms with E-state index < -0.39 is 11.5 Å². The minimum atomic E-state index is -1.49. The summed E-state index contributed by atoms with van der Waals surface area (Å²) in [6.45, 7) is 0. The second-order valence-corrected chi connectivity index (χ2v) is 4.87. The molecule has 0 aliphatic rings. The first-order valence-corrected chi connectivity index (χ1v) is 6.70. The van der Waals surface area contributed by atoms with Crippen molar-refractivity contribution in [1.29, 1.82) is 0 Å². The van der Waals surface area contributed by atoms with Gasteiger partial charge < -0.3 is 25.7 Å². The number of pyridine rings is 1. The van der Waals surface area contributed by atoms with Crippen molar-refractivity contribution in [2.75, 3.05) is 20.0 Å². The van der Waals surface area contributed by atoms with Gasteiger partial charge in [-0.25, -0.2) is 9.78 Å². The van der Waals surface area contributed by atoms with Gasteiger partial charge in [-0.05, 0) is 17.7 Å². The molecule has 1 unspecified atom stereocenters. The Morgan fingerprint density at radius 1 is 1.26 bits per heavy atom. The van der Waals surface area contributed by atoms with E-state index in [-0.39, 0.29) is 11.6 Å². The lowest BCUT2D eigenvalue weighted by molar-refractivity contribution is -0.111. The molecule has 7 nitrogen and oxygen atoms in total. The first-order valence-electron chi connectivity index (χ1n) is 6.70. The molecule has 23 heavy (non-hydrogen) atoms. The zero-order valence-corrected chi connectivity index (χ0v) is 12.8. The Hall–Kier alpha value is -2.93. The van der Waals surface area contributed by atoms with E-state index in [9.17, 15) is 9.59 Å². The third-order valence-corrected chi connectivity index (χ3v) is 3.53. The van der Waals surface area contributed by atoms with Crippen LogP contribution in [0.25, 0.3) is 0 Å². The first-order chi connectivity index (χ1) is 11.0. The highest BCUT2D eigenvalue weighted by atomic mass is 16.5. The lowest BCUT2D eigenvalue weighted by Gasteiger charge is -2.26. The number of hydrogen-bond donors (Lipinski definition) is 2. The summed E-state index contributed by atoms with van der Waals surface area (Å²) in [6.07, 6.45) is 1.97. The summed E-state index contributed by atoms with van der Waals surface area (Å²) < 4.78 is 9.69. The molecule has 0 aliphatic carbocycles. The molecule has 1 aromatic carbocycles. The van der Waals surface area contributed by atoms with E-state index >= 15 is 0 Å². The second-order valence-electron chi connectivity index (χ2n) is 4.87. The van der Waals surface area contributed by atoms with Crippen LogP contribution in [0.15, 0.2) is 36.5 Å². The minimum absolute atomic E-state index is 0.262. The molecule has 7 heteroatoms. The van der Waals surface area contributed by atoms with Crippen molar-refractivity contribution in [3.8, 4) is 5.88 Å². The monoisotopic (exact) mass is 315 g/mol. The molecular weight excluding hydrogens is 298 g/mol. The van der Waals surface area contributed by atoms with Gasteiger partial charge in [0, 0.05) is 11.6 Å². The van der Waals surface area contributed by atoms with Crippen molar-refractivity contribution in [3.63, 3.8) is 0 Å². The van der Waals surface area contributed by atoms with Crippen LogP contribution in [0.2, 0.25) is 0 Å². The lowest BCUT2D eigenvalue weighted by Crippen LogP contribution is -2.40. The van der Waals surface area contributed by atoms with E-state index in [0.717, 1.165) is 0 Å². The van der Waals surface area contributed by atoms with Gasteiger partial charge in [0.25, 0.3) is 0 Å². The maximum absolute atomic E-state index is 11.7. The van der Waals surface area contributed by atoms with Crippen LogP contribution in [-0.2, 0) is 15.1 Å². The summed E-state index contributed by atoms with van der Waals surface area (Å²) in [6, 6.07) is 7.72. The fraction of sp³-hybridized carbons (Fsp3) is 0.188. The van der Waals surface area contributed by atoms with Gasteiger partial charge in [0.2, 0.25) is 5.88 Å². The molecule has 0 bridgehead atoms. The number of esters is 1. The van der Waals surface area contributed by atoms with Crippen LogP contribution in [0.1, 0.15) is 21.5 Å². The van der Waals surface area contributed by atoms with Crippen molar-refractivity contribution in [3.05, 3.63) is 53.2 Å². The normalized spacial score (nSPS) is 13.0. The number of nitrogens with zero attached hydrogens (tertiary/aromatic N) is 1. The Labute approximate surface area is 133 Å². The summed E-state index contributed by atoms with van der Waals surface area (Å²) in [5.74, 6) is -0.188. The Kier molecular flexibility index (Phi) is 4.61. The SMILES string of the molecule is COC(=O)c1ccc(C(N)(C=O)c2cc(OC)ncc2N)cc1. The average Bonchev–Trinajstić information content (AvgIpc) is 2.61. The number of benzene rings is 1. The first kappa shape index (κ1) is 16.4. The van der Waals surface area contributed by atoms with Gasteiger partial charge in [-0.3, -0.25) is 0 Å². The number of rotatable bonds is 5. The molecule has 0 fully saturated rings. The predicted molar refractivity (Wildman–Crippen MR) is 84.0 cm³/mol. The van der Waals surface area contributed by atoms with E-state index in [1.165, 1.54) is 38.6 Å². The fourth-order valence-electron chi connectivity index (χ4n) is 2.20. The van der Waals surface area contributed by atoms with Gasteiger partial charge in [-0.2, -0.15) is 0 Å². The van der Waals surface area contributed by atoms with Crippen molar-refractivity contribution in [2.45, 2.75) is 5.54 Å². The van der Waals surface area contributed by atoms with E-state index in [1.54, 1.807) is 12.1 Å². The molecule has 0 amide bonds. The lowest BCUT2D eigenvalue weighted by atomic mass is 9.84. The number of methoxy groups -OCH3 is 2. The summed E-state index contributed by atoms with van der Waals surface area (Å²) >= 11 is 0. The Morgan fingerprint density at radius 2 is 1.91 bits per heavy atom. The largest absolute Gasteiger partial charge is 0.481 e. The zero-order chi connectivity index (χ0) is 17.0.